The van der Waals surface area contributed by atoms with Crippen molar-refractivity contribution in [3.8, 4) is 17.6 Å². The number of benzene rings is 2. The Morgan fingerprint density at radius 3 is 2.61 bits per heavy atom. The number of rotatable bonds is 11. The lowest BCUT2D eigenvalue weighted by molar-refractivity contribution is -0.140. The number of hydrazine groups is 1. The lowest BCUT2D eigenvalue weighted by atomic mass is 10.0. The molecule has 0 amide bonds. The minimum absolute atomic E-state index is 0.182. The van der Waals surface area contributed by atoms with Gasteiger partial charge in [0.2, 0.25) is 0 Å². The van der Waals surface area contributed by atoms with Crippen LogP contribution in [0.3, 0.4) is 0 Å². The van der Waals surface area contributed by atoms with Crippen molar-refractivity contribution >= 4 is 34.0 Å². The third kappa shape index (κ3) is 8.49. The Kier molecular flexibility index (Phi) is 10.7. The molecule has 222 valence electrons. The van der Waals surface area contributed by atoms with Gasteiger partial charge < -0.3 is 30.1 Å². The number of aliphatic hydroxyl groups excluding tert-OH is 1. The van der Waals surface area contributed by atoms with E-state index in [0.717, 1.165) is 43.1 Å². The van der Waals surface area contributed by atoms with Crippen LogP contribution in [-0.2, 0) is 6.54 Å². The van der Waals surface area contributed by atoms with Gasteiger partial charge in [0, 0.05) is 29.5 Å². The van der Waals surface area contributed by atoms with E-state index in [4.69, 9.17) is 4.74 Å². The standard InChI is InChI=1S/C30H38F3N5O2S/c1-21(19-39)18-37-14-11-22(12-15-37)35-36-26-7-4-8-28-25(26)16-23(38(28)20-30(31,32)33)6-5-13-34-27-10-9-24(41-3)17-29(27)40-2/h4,7-10,16-17,21-22,34-36,39H,11-15,18-20H2,1-3H3. The van der Waals surface area contributed by atoms with Crippen LogP contribution in [0.1, 0.15) is 25.5 Å². The second-order valence-corrected chi connectivity index (χ2v) is 11.2. The summed E-state index contributed by atoms with van der Waals surface area (Å²) in [5.41, 5.74) is 8.86. The number of aliphatic hydroxyl groups is 1. The largest absolute Gasteiger partial charge is 0.495 e. The number of ether oxygens (including phenoxy) is 1. The van der Waals surface area contributed by atoms with Crippen LogP contribution >= 0.6 is 11.8 Å². The van der Waals surface area contributed by atoms with Gasteiger partial charge >= 0.3 is 6.18 Å². The summed E-state index contributed by atoms with van der Waals surface area (Å²) in [6.45, 7) is 4.06. The first-order chi connectivity index (χ1) is 19.7. The summed E-state index contributed by atoms with van der Waals surface area (Å²) in [4.78, 5) is 3.42. The number of halogens is 3. The molecule has 0 aliphatic carbocycles. The van der Waals surface area contributed by atoms with Crippen LogP contribution in [0.15, 0.2) is 47.4 Å². The summed E-state index contributed by atoms with van der Waals surface area (Å²) < 4.78 is 47.4. The molecule has 1 aromatic heterocycles. The Morgan fingerprint density at radius 2 is 1.93 bits per heavy atom. The molecule has 0 bridgehead atoms. The topological polar surface area (TPSA) is 73.7 Å². The third-order valence-electron chi connectivity index (χ3n) is 7.16. The minimum atomic E-state index is -4.39. The Hall–Kier alpha value is -3.04. The fourth-order valence-corrected chi connectivity index (χ4v) is 5.43. The van der Waals surface area contributed by atoms with Crippen molar-refractivity contribution in [1.82, 2.24) is 14.9 Å². The highest BCUT2D eigenvalue weighted by molar-refractivity contribution is 7.98. The predicted octanol–water partition coefficient (Wildman–Crippen LogP) is 5.41. The number of nitrogens with one attached hydrogen (secondary N) is 3. The first kappa shape index (κ1) is 30.9. The molecule has 1 aliphatic rings. The zero-order chi connectivity index (χ0) is 29.4. The average Bonchev–Trinajstić information content (AvgIpc) is 3.31. The molecule has 1 saturated heterocycles. The number of fused-ring (bicyclic) bond motifs is 1. The van der Waals surface area contributed by atoms with E-state index in [1.807, 2.05) is 37.4 Å². The van der Waals surface area contributed by atoms with Gasteiger partial charge in [-0.25, -0.2) is 5.43 Å². The molecule has 2 heterocycles. The molecule has 11 heteroatoms. The number of hydrogen-bond acceptors (Lipinski definition) is 7. The fourth-order valence-electron chi connectivity index (χ4n) is 5.00. The minimum Gasteiger partial charge on any atom is -0.495 e. The van der Waals surface area contributed by atoms with E-state index in [1.165, 1.54) is 4.57 Å². The maximum absolute atomic E-state index is 13.6. The molecule has 4 N–H and O–H groups in total. The van der Waals surface area contributed by atoms with Crippen molar-refractivity contribution in [2.75, 3.05) is 56.9 Å². The maximum atomic E-state index is 13.6. The van der Waals surface area contributed by atoms with E-state index < -0.39 is 12.7 Å². The highest BCUT2D eigenvalue weighted by Crippen LogP contribution is 2.31. The van der Waals surface area contributed by atoms with Crippen LogP contribution in [0.5, 0.6) is 5.75 Å². The van der Waals surface area contributed by atoms with Crippen LogP contribution in [-0.4, -0.2) is 72.9 Å². The highest BCUT2D eigenvalue weighted by Gasteiger charge is 2.30. The van der Waals surface area contributed by atoms with Gasteiger partial charge in [0.15, 0.2) is 0 Å². The van der Waals surface area contributed by atoms with Gasteiger partial charge in [-0.2, -0.15) is 13.2 Å². The Morgan fingerprint density at radius 1 is 1.15 bits per heavy atom. The lowest BCUT2D eigenvalue weighted by Crippen LogP contribution is -2.45. The van der Waals surface area contributed by atoms with E-state index in [2.05, 4.69) is 32.9 Å². The first-order valence-electron chi connectivity index (χ1n) is 13.7. The van der Waals surface area contributed by atoms with Gasteiger partial charge in [-0.1, -0.05) is 18.9 Å². The average molecular weight is 590 g/mol. The zero-order valence-corrected chi connectivity index (χ0v) is 24.5. The molecule has 41 heavy (non-hydrogen) atoms. The van der Waals surface area contributed by atoms with Gasteiger partial charge in [0.05, 0.1) is 36.2 Å². The maximum Gasteiger partial charge on any atom is 0.406 e. The van der Waals surface area contributed by atoms with Crippen molar-refractivity contribution in [1.29, 1.82) is 0 Å². The second-order valence-electron chi connectivity index (χ2n) is 10.3. The van der Waals surface area contributed by atoms with Crippen LogP contribution < -0.4 is 20.9 Å². The fraction of sp³-hybridized carbons (Fsp3) is 0.467. The molecule has 0 spiro atoms. The molecule has 1 fully saturated rings. The number of hydrogen-bond donors (Lipinski definition) is 4. The zero-order valence-electron chi connectivity index (χ0n) is 23.6. The SMILES string of the molecule is COc1cc(SC)ccc1NCC#Cc1cc2c(NNC3CCN(CC(C)CO)CC3)cccc2n1CC(F)(F)F. The molecule has 7 nitrogen and oxygen atoms in total. The lowest BCUT2D eigenvalue weighted by Gasteiger charge is -2.33. The van der Waals surface area contributed by atoms with Gasteiger partial charge in [-0.15, -0.1) is 11.8 Å². The van der Waals surface area contributed by atoms with Crippen molar-refractivity contribution in [2.24, 2.45) is 5.92 Å². The van der Waals surface area contributed by atoms with Crippen molar-refractivity contribution in [3.63, 3.8) is 0 Å². The van der Waals surface area contributed by atoms with E-state index in [-0.39, 0.29) is 25.1 Å². The first-order valence-corrected chi connectivity index (χ1v) is 14.9. The van der Waals surface area contributed by atoms with Gasteiger partial charge in [0.25, 0.3) is 0 Å². The molecular formula is C30H38F3N5O2S. The van der Waals surface area contributed by atoms with Gasteiger partial charge in [-0.05, 0) is 80.4 Å². The van der Waals surface area contributed by atoms with E-state index in [9.17, 15) is 18.3 Å². The molecule has 0 saturated carbocycles. The number of thioether (sulfide) groups is 1. The van der Waals surface area contributed by atoms with Crippen molar-refractivity contribution in [2.45, 2.75) is 43.4 Å². The Labute approximate surface area is 243 Å². The second kappa shape index (κ2) is 14.2. The third-order valence-corrected chi connectivity index (χ3v) is 7.88. The van der Waals surface area contributed by atoms with E-state index in [1.54, 1.807) is 37.1 Å². The highest BCUT2D eigenvalue weighted by atomic mass is 32.2. The normalized spacial score (nSPS) is 15.4. The molecule has 1 unspecified atom stereocenters. The van der Waals surface area contributed by atoms with E-state index >= 15 is 0 Å². The van der Waals surface area contributed by atoms with Crippen LogP contribution in [0, 0.1) is 17.8 Å². The van der Waals surface area contributed by atoms with Gasteiger partial charge in [0.1, 0.15) is 12.3 Å². The molecule has 0 radical (unpaired) electrons. The molecule has 1 atom stereocenters. The number of piperidine rings is 1. The summed E-state index contributed by atoms with van der Waals surface area (Å²) >= 11 is 1.61. The predicted molar refractivity (Wildman–Crippen MR) is 161 cm³/mol. The summed E-state index contributed by atoms with van der Waals surface area (Å²) in [5, 5.41) is 13.2. The number of alkyl halides is 3. The van der Waals surface area contributed by atoms with Crippen molar-refractivity contribution in [3.05, 3.63) is 48.2 Å². The number of likely N-dealkylation sites (tertiary alicyclic amines) is 1. The number of aromatic nitrogens is 1. The smallest absolute Gasteiger partial charge is 0.406 e. The summed E-state index contributed by atoms with van der Waals surface area (Å²) in [6, 6.07) is 13.0. The summed E-state index contributed by atoms with van der Waals surface area (Å²) in [5.74, 6) is 6.85. The van der Waals surface area contributed by atoms with Crippen LogP contribution in [0.25, 0.3) is 10.9 Å². The monoisotopic (exact) mass is 589 g/mol. The molecular weight excluding hydrogens is 551 g/mol. The molecule has 4 rings (SSSR count). The number of nitrogens with zero attached hydrogens (tertiary/aromatic N) is 2. The number of anilines is 2. The molecule has 1 aliphatic heterocycles. The molecule has 3 aromatic rings. The number of methoxy groups -OCH3 is 1. The van der Waals surface area contributed by atoms with Crippen LogP contribution in [0.2, 0.25) is 0 Å². The Bertz CT molecular complexity index is 1360. The van der Waals surface area contributed by atoms with Crippen molar-refractivity contribution < 1.29 is 23.0 Å². The summed E-state index contributed by atoms with van der Waals surface area (Å²) in [7, 11) is 1.59. The Balaban J connectivity index is 1.48. The van der Waals surface area contributed by atoms with Gasteiger partial charge in [-0.3, -0.25) is 0 Å². The van der Waals surface area contributed by atoms with E-state index in [0.29, 0.717) is 28.0 Å². The summed E-state index contributed by atoms with van der Waals surface area (Å²) in [6.07, 6.45) is -0.540. The van der Waals surface area contributed by atoms with Crippen LogP contribution in [0.4, 0.5) is 24.5 Å². The quantitative estimate of drug-likeness (QED) is 0.136. The molecule has 2 aromatic carbocycles.